The van der Waals surface area contributed by atoms with E-state index in [0.29, 0.717) is 0 Å². The summed E-state index contributed by atoms with van der Waals surface area (Å²) in [7, 11) is 1.71. The molecule has 84 valence electrons. The first-order valence-electron chi connectivity index (χ1n) is 5.27. The van der Waals surface area contributed by atoms with Crippen LogP contribution in [0.25, 0.3) is 0 Å². The smallest absolute Gasteiger partial charge is 0.0477 e. The van der Waals surface area contributed by atoms with Crippen molar-refractivity contribution in [2.24, 2.45) is 5.84 Å². The highest BCUT2D eigenvalue weighted by Gasteiger charge is 2.08. The van der Waals surface area contributed by atoms with Gasteiger partial charge in [-0.3, -0.25) is 11.3 Å². The van der Waals surface area contributed by atoms with Crippen LogP contribution in [0.1, 0.15) is 17.5 Å². The van der Waals surface area contributed by atoms with E-state index in [0.717, 1.165) is 19.4 Å². The van der Waals surface area contributed by atoms with Gasteiger partial charge < -0.3 is 4.74 Å². The van der Waals surface area contributed by atoms with E-state index < -0.39 is 0 Å². The molecule has 1 atom stereocenters. The molecule has 1 rings (SSSR count). The number of aryl methyl sites for hydroxylation is 1. The molecule has 0 aliphatic rings. The number of hydrogen-bond donors (Lipinski definition) is 2. The summed E-state index contributed by atoms with van der Waals surface area (Å²) in [5.41, 5.74) is 5.49. The third-order valence-electron chi connectivity index (χ3n) is 2.63. The van der Waals surface area contributed by atoms with Crippen molar-refractivity contribution in [3.8, 4) is 0 Å². The molecule has 3 heteroatoms. The highest BCUT2D eigenvalue weighted by molar-refractivity contribution is 5.26. The first-order chi connectivity index (χ1) is 7.27. The van der Waals surface area contributed by atoms with Crippen molar-refractivity contribution in [2.75, 3.05) is 13.7 Å². The van der Waals surface area contributed by atoms with Gasteiger partial charge in [-0.25, -0.2) is 0 Å². The average molecular weight is 208 g/mol. The van der Waals surface area contributed by atoms with Crippen LogP contribution in [0.3, 0.4) is 0 Å². The lowest BCUT2D eigenvalue weighted by atomic mass is 10.00. The normalized spacial score (nSPS) is 12.7. The Morgan fingerprint density at radius 1 is 1.40 bits per heavy atom. The van der Waals surface area contributed by atoms with Gasteiger partial charge in [-0.2, -0.15) is 0 Å². The Morgan fingerprint density at radius 2 is 2.13 bits per heavy atom. The van der Waals surface area contributed by atoms with E-state index in [9.17, 15) is 0 Å². The number of hydrazine groups is 1. The highest BCUT2D eigenvalue weighted by atomic mass is 16.5. The second kappa shape index (κ2) is 6.56. The van der Waals surface area contributed by atoms with Gasteiger partial charge in [0.15, 0.2) is 0 Å². The van der Waals surface area contributed by atoms with Crippen LogP contribution >= 0.6 is 0 Å². The van der Waals surface area contributed by atoms with Crippen LogP contribution in [0.4, 0.5) is 0 Å². The topological polar surface area (TPSA) is 47.3 Å². The van der Waals surface area contributed by atoms with Gasteiger partial charge in [0, 0.05) is 19.8 Å². The molecule has 0 saturated heterocycles. The maximum Gasteiger partial charge on any atom is 0.0477 e. The molecule has 0 spiro atoms. The Morgan fingerprint density at radius 3 is 2.73 bits per heavy atom. The third-order valence-corrected chi connectivity index (χ3v) is 2.63. The zero-order valence-corrected chi connectivity index (χ0v) is 9.49. The standard InChI is InChI=1S/C12H20N2O/c1-10-5-3-4-6-11(10)9-12(14-13)7-8-15-2/h3-6,12,14H,7-9,13H2,1-2H3. The van der Waals surface area contributed by atoms with Crippen LogP contribution in [-0.4, -0.2) is 19.8 Å². The summed E-state index contributed by atoms with van der Waals surface area (Å²) in [6.07, 6.45) is 1.88. The van der Waals surface area contributed by atoms with Gasteiger partial charge in [-0.15, -0.1) is 0 Å². The SMILES string of the molecule is COCCC(Cc1ccccc1C)NN. The average Bonchev–Trinajstić information content (AvgIpc) is 2.26. The molecule has 0 aliphatic heterocycles. The van der Waals surface area contributed by atoms with Crippen LogP contribution in [0.2, 0.25) is 0 Å². The van der Waals surface area contributed by atoms with Crippen molar-refractivity contribution in [2.45, 2.75) is 25.8 Å². The number of benzene rings is 1. The molecule has 3 N–H and O–H groups in total. The fourth-order valence-electron chi connectivity index (χ4n) is 1.61. The lowest BCUT2D eigenvalue weighted by molar-refractivity contribution is 0.182. The predicted octanol–water partition coefficient (Wildman–Crippen LogP) is 1.41. The third kappa shape index (κ3) is 4.00. The monoisotopic (exact) mass is 208 g/mol. The van der Waals surface area contributed by atoms with Crippen LogP contribution in [0, 0.1) is 6.92 Å². The molecule has 1 aromatic rings. The van der Waals surface area contributed by atoms with E-state index in [4.69, 9.17) is 10.6 Å². The summed E-state index contributed by atoms with van der Waals surface area (Å²) < 4.78 is 5.05. The lowest BCUT2D eigenvalue weighted by Crippen LogP contribution is -2.37. The quantitative estimate of drug-likeness (QED) is 0.549. The Balaban J connectivity index is 2.54. The second-order valence-electron chi connectivity index (χ2n) is 3.78. The van der Waals surface area contributed by atoms with E-state index >= 15 is 0 Å². The van der Waals surface area contributed by atoms with E-state index in [2.05, 4.69) is 36.6 Å². The van der Waals surface area contributed by atoms with Gasteiger partial charge in [0.25, 0.3) is 0 Å². The molecule has 0 saturated carbocycles. The van der Waals surface area contributed by atoms with Gasteiger partial charge in [-0.05, 0) is 30.9 Å². The first-order valence-corrected chi connectivity index (χ1v) is 5.27. The minimum Gasteiger partial charge on any atom is -0.385 e. The molecule has 1 unspecified atom stereocenters. The summed E-state index contributed by atoms with van der Waals surface area (Å²) in [6.45, 7) is 2.86. The van der Waals surface area contributed by atoms with E-state index in [1.54, 1.807) is 7.11 Å². The number of ether oxygens (including phenoxy) is 1. The number of rotatable bonds is 6. The van der Waals surface area contributed by atoms with Gasteiger partial charge in [0.2, 0.25) is 0 Å². The number of methoxy groups -OCH3 is 1. The largest absolute Gasteiger partial charge is 0.385 e. The molecular weight excluding hydrogens is 188 g/mol. The number of nitrogens with two attached hydrogens (primary N) is 1. The molecule has 15 heavy (non-hydrogen) atoms. The molecule has 0 bridgehead atoms. The fraction of sp³-hybridized carbons (Fsp3) is 0.500. The molecule has 0 radical (unpaired) electrons. The first kappa shape index (κ1) is 12.2. The molecule has 0 fully saturated rings. The summed E-state index contributed by atoms with van der Waals surface area (Å²) in [5, 5.41) is 0. The summed E-state index contributed by atoms with van der Waals surface area (Å²) in [6, 6.07) is 8.67. The van der Waals surface area contributed by atoms with E-state index in [1.165, 1.54) is 11.1 Å². The highest BCUT2D eigenvalue weighted by Crippen LogP contribution is 2.10. The van der Waals surface area contributed by atoms with Crippen molar-refractivity contribution in [1.82, 2.24) is 5.43 Å². The lowest BCUT2D eigenvalue weighted by Gasteiger charge is -2.16. The fourth-order valence-corrected chi connectivity index (χ4v) is 1.61. The van der Waals surface area contributed by atoms with Crippen LogP contribution in [0.5, 0.6) is 0 Å². The maximum atomic E-state index is 5.51. The van der Waals surface area contributed by atoms with Crippen LogP contribution < -0.4 is 11.3 Å². The van der Waals surface area contributed by atoms with Crippen molar-refractivity contribution in [3.05, 3.63) is 35.4 Å². The molecule has 0 amide bonds. The Kier molecular flexibility index (Phi) is 5.32. The Labute approximate surface area is 91.6 Å². The molecular formula is C12H20N2O. The van der Waals surface area contributed by atoms with Crippen molar-refractivity contribution >= 4 is 0 Å². The van der Waals surface area contributed by atoms with Gasteiger partial charge in [0.1, 0.15) is 0 Å². The van der Waals surface area contributed by atoms with Gasteiger partial charge in [0.05, 0.1) is 0 Å². The van der Waals surface area contributed by atoms with Gasteiger partial charge in [-0.1, -0.05) is 24.3 Å². The van der Waals surface area contributed by atoms with Crippen molar-refractivity contribution in [1.29, 1.82) is 0 Å². The van der Waals surface area contributed by atoms with Crippen LogP contribution in [-0.2, 0) is 11.2 Å². The van der Waals surface area contributed by atoms with Crippen LogP contribution in [0.15, 0.2) is 24.3 Å². The minimum absolute atomic E-state index is 0.283. The predicted molar refractivity (Wildman–Crippen MR) is 62.5 cm³/mol. The summed E-state index contributed by atoms with van der Waals surface area (Å²) in [4.78, 5) is 0. The second-order valence-corrected chi connectivity index (χ2v) is 3.78. The van der Waals surface area contributed by atoms with Crippen molar-refractivity contribution in [3.63, 3.8) is 0 Å². The van der Waals surface area contributed by atoms with Gasteiger partial charge >= 0.3 is 0 Å². The molecule has 0 heterocycles. The maximum absolute atomic E-state index is 5.51. The van der Waals surface area contributed by atoms with E-state index in [1.807, 2.05) is 0 Å². The molecule has 0 aromatic heterocycles. The Hall–Kier alpha value is -0.900. The summed E-state index contributed by atoms with van der Waals surface area (Å²) >= 11 is 0. The molecule has 1 aromatic carbocycles. The zero-order chi connectivity index (χ0) is 11.1. The number of nitrogens with one attached hydrogen (secondary N) is 1. The van der Waals surface area contributed by atoms with E-state index in [-0.39, 0.29) is 6.04 Å². The Bertz CT molecular complexity index is 289. The minimum atomic E-state index is 0.283. The summed E-state index contributed by atoms with van der Waals surface area (Å²) in [5.74, 6) is 5.51. The number of hydrogen-bond acceptors (Lipinski definition) is 3. The molecule has 3 nitrogen and oxygen atoms in total. The zero-order valence-electron chi connectivity index (χ0n) is 9.49. The van der Waals surface area contributed by atoms with Crippen molar-refractivity contribution < 1.29 is 4.74 Å². The molecule has 0 aliphatic carbocycles.